The van der Waals surface area contributed by atoms with Gasteiger partial charge in [-0.15, -0.1) is 11.3 Å². The number of hydrogen-bond donors (Lipinski definition) is 1. The Labute approximate surface area is 119 Å². The highest BCUT2D eigenvalue weighted by Gasteiger charge is 2.15. The Kier molecular flexibility index (Phi) is 3.12. The van der Waals surface area contributed by atoms with E-state index in [1.165, 1.54) is 11.3 Å². The average Bonchev–Trinajstić information content (AvgIpc) is 2.94. The topological polar surface area (TPSA) is 53.4 Å². The van der Waals surface area contributed by atoms with Crippen molar-refractivity contribution in [1.82, 2.24) is 4.98 Å². The molecule has 0 atom stereocenters. The molecule has 0 saturated carbocycles. The van der Waals surface area contributed by atoms with Crippen molar-refractivity contribution in [3.05, 3.63) is 53.5 Å². The summed E-state index contributed by atoms with van der Waals surface area (Å²) < 4.78 is 0.926. The van der Waals surface area contributed by atoms with Crippen LogP contribution in [0.25, 0.3) is 10.1 Å². The van der Waals surface area contributed by atoms with Gasteiger partial charge in [0.05, 0.1) is 0 Å². The van der Waals surface area contributed by atoms with Crippen LogP contribution in [0.1, 0.15) is 10.5 Å². The van der Waals surface area contributed by atoms with Gasteiger partial charge in [-0.3, -0.25) is 0 Å². The van der Waals surface area contributed by atoms with Crippen molar-refractivity contribution >= 4 is 38.9 Å². The van der Waals surface area contributed by atoms with Crippen LogP contribution in [-0.2, 0) is 0 Å². The first-order valence-electron chi connectivity index (χ1n) is 6.07. The summed E-state index contributed by atoms with van der Waals surface area (Å²) in [6, 6.07) is 13.3. The number of benzene rings is 1. The summed E-state index contributed by atoms with van der Waals surface area (Å²) in [5.74, 6) is -0.352. The van der Waals surface area contributed by atoms with Crippen molar-refractivity contribution in [1.29, 1.82) is 0 Å². The molecule has 0 spiro atoms. The molecule has 0 radical (unpaired) electrons. The third kappa shape index (κ3) is 2.12. The first kappa shape index (κ1) is 12.6. The molecule has 3 aromatic rings. The number of fused-ring (bicyclic) bond motifs is 1. The smallest absolute Gasteiger partial charge is 0.354 e. The number of pyridine rings is 1. The zero-order valence-corrected chi connectivity index (χ0v) is 11.6. The van der Waals surface area contributed by atoms with E-state index in [0.717, 1.165) is 15.8 Å². The highest BCUT2D eigenvalue weighted by Crippen LogP contribution is 2.32. The van der Waals surface area contributed by atoms with Gasteiger partial charge in [0.25, 0.3) is 0 Å². The number of carboxylic acids is 1. The van der Waals surface area contributed by atoms with E-state index < -0.39 is 5.97 Å². The third-order valence-corrected chi connectivity index (χ3v) is 3.97. The van der Waals surface area contributed by atoms with Gasteiger partial charge in [0.15, 0.2) is 5.69 Å². The largest absolute Gasteiger partial charge is 0.477 e. The lowest BCUT2D eigenvalue weighted by atomic mass is 10.2. The molecule has 2 aromatic heterocycles. The predicted octanol–water partition coefficient (Wildman–Crippen LogP) is 3.76. The molecule has 1 aromatic carbocycles. The fourth-order valence-corrected chi connectivity index (χ4v) is 2.90. The average molecular weight is 284 g/mol. The van der Waals surface area contributed by atoms with Crippen molar-refractivity contribution in [2.75, 3.05) is 11.9 Å². The Morgan fingerprint density at radius 3 is 2.70 bits per heavy atom. The number of para-hydroxylation sites is 1. The lowest BCUT2D eigenvalue weighted by molar-refractivity contribution is 0.0691. The number of rotatable bonds is 3. The molecule has 0 fully saturated rings. The molecular formula is C15H12N2O2S. The Hall–Kier alpha value is -2.40. The summed E-state index contributed by atoms with van der Waals surface area (Å²) in [5, 5.41) is 12.1. The maximum Gasteiger partial charge on any atom is 0.354 e. The van der Waals surface area contributed by atoms with Gasteiger partial charge < -0.3 is 10.0 Å². The number of aromatic carboxylic acids is 1. The van der Waals surface area contributed by atoms with Gasteiger partial charge >= 0.3 is 5.97 Å². The monoisotopic (exact) mass is 284 g/mol. The van der Waals surface area contributed by atoms with Gasteiger partial charge in [-0.1, -0.05) is 18.2 Å². The molecular weight excluding hydrogens is 272 g/mol. The number of hydrogen-bond acceptors (Lipinski definition) is 4. The lowest BCUT2D eigenvalue weighted by Gasteiger charge is -2.19. The van der Waals surface area contributed by atoms with Gasteiger partial charge in [0, 0.05) is 22.8 Å². The molecule has 4 nitrogen and oxygen atoms in total. The Morgan fingerprint density at radius 2 is 2.00 bits per heavy atom. The minimum Gasteiger partial charge on any atom is -0.477 e. The number of aromatic nitrogens is 1. The number of nitrogens with zero attached hydrogens (tertiary/aromatic N) is 2. The predicted molar refractivity (Wildman–Crippen MR) is 81.1 cm³/mol. The van der Waals surface area contributed by atoms with E-state index in [-0.39, 0.29) is 5.69 Å². The zero-order chi connectivity index (χ0) is 14.1. The van der Waals surface area contributed by atoms with Crippen molar-refractivity contribution in [2.24, 2.45) is 0 Å². The second-order valence-electron chi connectivity index (χ2n) is 4.36. The molecule has 0 amide bonds. The molecule has 3 rings (SSSR count). The Morgan fingerprint density at radius 1 is 1.25 bits per heavy atom. The van der Waals surface area contributed by atoms with Crippen LogP contribution < -0.4 is 4.90 Å². The highest BCUT2D eigenvalue weighted by atomic mass is 32.1. The Bertz CT molecular complexity index is 768. The molecule has 0 unspecified atom stereocenters. The maximum absolute atomic E-state index is 11.2. The molecule has 100 valence electrons. The van der Waals surface area contributed by atoms with Crippen molar-refractivity contribution < 1.29 is 9.90 Å². The summed E-state index contributed by atoms with van der Waals surface area (Å²) >= 11 is 1.52. The maximum atomic E-state index is 11.2. The fourth-order valence-electron chi connectivity index (χ4n) is 2.09. The highest BCUT2D eigenvalue weighted by molar-refractivity contribution is 7.17. The number of carboxylic acid groups (broad SMARTS) is 1. The molecule has 5 heteroatoms. The number of carbonyl (C=O) groups is 1. The SMILES string of the molecule is CN(c1ccccc1)c1nc(C(=O)O)cc2sccc12. The van der Waals surface area contributed by atoms with Crippen LogP contribution in [0.5, 0.6) is 0 Å². The lowest BCUT2D eigenvalue weighted by Crippen LogP contribution is -2.13. The van der Waals surface area contributed by atoms with Crippen LogP contribution in [0.4, 0.5) is 11.5 Å². The second-order valence-corrected chi connectivity index (χ2v) is 5.31. The minimum atomic E-state index is -1.01. The first-order valence-corrected chi connectivity index (χ1v) is 6.95. The van der Waals surface area contributed by atoms with Crippen molar-refractivity contribution in [2.45, 2.75) is 0 Å². The third-order valence-electron chi connectivity index (χ3n) is 3.11. The van der Waals surface area contributed by atoms with E-state index in [2.05, 4.69) is 4.98 Å². The van der Waals surface area contributed by atoms with Gasteiger partial charge in [0.1, 0.15) is 5.82 Å². The summed E-state index contributed by atoms with van der Waals surface area (Å²) in [6.07, 6.45) is 0. The molecule has 0 aliphatic heterocycles. The van der Waals surface area contributed by atoms with E-state index in [9.17, 15) is 9.90 Å². The second kappa shape index (κ2) is 4.94. The van der Waals surface area contributed by atoms with Gasteiger partial charge in [0.2, 0.25) is 0 Å². The van der Waals surface area contributed by atoms with E-state index in [4.69, 9.17) is 0 Å². The van der Waals surface area contributed by atoms with Crippen LogP contribution in [0.15, 0.2) is 47.8 Å². The molecule has 2 heterocycles. The standard InChI is InChI=1S/C15H12N2O2S/c1-17(10-5-3-2-4-6-10)14-11-7-8-20-13(11)9-12(16-14)15(18)19/h2-9H,1H3,(H,18,19). The number of anilines is 2. The first-order chi connectivity index (χ1) is 9.66. The van der Waals surface area contributed by atoms with E-state index in [1.807, 2.05) is 53.7 Å². The molecule has 0 aliphatic rings. The fraction of sp³-hybridized carbons (Fsp3) is 0.0667. The van der Waals surface area contributed by atoms with Crippen LogP contribution in [0.3, 0.4) is 0 Å². The molecule has 0 aliphatic carbocycles. The van der Waals surface area contributed by atoms with Gasteiger partial charge in [-0.05, 0) is 29.6 Å². The summed E-state index contributed by atoms with van der Waals surface area (Å²) in [7, 11) is 1.89. The zero-order valence-electron chi connectivity index (χ0n) is 10.8. The van der Waals surface area contributed by atoms with Crippen LogP contribution in [0, 0.1) is 0 Å². The number of thiophene rings is 1. The normalized spacial score (nSPS) is 10.7. The Balaban J connectivity index is 2.19. The summed E-state index contributed by atoms with van der Waals surface area (Å²) in [6.45, 7) is 0. The van der Waals surface area contributed by atoms with E-state index >= 15 is 0 Å². The summed E-state index contributed by atoms with van der Waals surface area (Å²) in [4.78, 5) is 17.4. The van der Waals surface area contributed by atoms with Crippen LogP contribution >= 0.6 is 11.3 Å². The molecule has 0 bridgehead atoms. The van der Waals surface area contributed by atoms with E-state index in [0.29, 0.717) is 5.82 Å². The van der Waals surface area contributed by atoms with Gasteiger partial charge in [-0.25, -0.2) is 9.78 Å². The van der Waals surface area contributed by atoms with Gasteiger partial charge in [-0.2, -0.15) is 0 Å². The van der Waals surface area contributed by atoms with Crippen LogP contribution in [-0.4, -0.2) is 23.1 Å². The quantitative estimate of drug-likeness (QED) is 0.795. The van der Waals surface area contributed by atoms with Crippen molar-refractivity contribution in [3.63, 3.8) is 0 Å². The molecule has 20 heavy (non-hydrogen) atoms. The van der Waals surface area contributed by atoms with Crippen LogP contribution in [0.2, 0.25) is 0 Å². The summed E-state index contributed by atoms with van der Waals surface area (Å²) in [5.41, 5.74) is 1.03. The molecule has 1 N–H and O–H groups in total. The van der Waals surface area contributed by atoms with E-state index in [1.54, 1.807) is 6.07 Å². The minimum absolute atomic E-state index is 0.0673. The van der Waals surface area contributed by atoms with Crippen molar-refractivity contribution in [3.8, 4) is 0 Å². The molecule has 0 saturated heterocycles.